The summed E-state index contributed by atoms with van der Waals surface area (Å²) in [6.07, 6.45) is 0. The van der Waals surface area contributed by atoms with Crippen LogP contribution < -0.4 is 10.5 Å². The van der Waals surface area contributed by atoms with Gasteiger partial charge in [-0.15, -0.1) is 0 Å². The fraction of sp³-hybridized carbons (Fsp3) is 0.0769. The van der Waals surface area contributed by atoms with E-state index in [0.29, 0.717) is 10.8 Å². The van der Waals surface area contributed by atoms with Crippen molar-refractivity contribution in [2.24, 2.45) is 5.73 Å². The summed E-state index contributed by atoms with van der Waals surface area (Å²) in [5.41, 5.74) is 6.21. The molecule has 0 heterocycles. The lowest BCUT2D eigenvalue weighted by molar-refractivity contribution is -0.385. The van der Waals surface area contributed by atoms with Crippen LogP contribution in [0.15, 0.2) is 40.9 Å². The molecular weight excluding hydrogens is 348 g/mol. The van der Waals surface area contributed by atoms with Crippen LogP contribution in [0.4, 0.5) is 5.69 Å². The summed E-state index contributed by atoms with van der Waals surface area (Å²) >= 11 is 9.18. The molecule has 104 valence electrons. The highest BCUT2D eigenvalue weighted by molar-refractivity contribution is 9.10. The quantitative estimate of drug-likeness (QED) is 0.655. The summed E-state index contributed by atoms with van der Waals surface area (Å²) in [6.45, 7) is 0.261. The minimum atomic E-state index is -0.522. The highest BCUT2D eigenvalue weighted by atomic mass is 79.9. The molecule has 2 aromatic carbocycles. The van der Waals surface area contributed by atoms with Crippen LogP contribution in [0.3, 0.4) is 0 Å². The molecule has 5 nitrogen and oxygen atoms in total. The third-order valence-corrected chi connectivity index (χ3v) is 3.32. The lowest BCUT2D eigenvalue weighted by Gasteiger charge is -2.11. The minimum Gasteiger partial charge on any atom is -0.450 e. The fourth-order valence-electron chi connectivity index (χ4n) is 1.63. The molecule has 0 atom stereocenters. The smallest absolute Gasteiger partial charge is 0.311 e. The molecule has 0 aliphatic carbocycles. The van der Waals surface area contributed by atoms with E-state index in [9.17, 15) is 10.1 Å². The van der Waals surface area contributed by atoms with Crippen molar-refractivity contribution in [3.05, 3.63) is 61.6 Å². The van der Waals surface area contributed by atoms with Gasteiger partial charge in [0, 0.05) is 33.7 Å². The third kappa shape index (κ3) is 3.27. The summed E-state index contributed by atoms with van der Waals surface area (Å²) < 4.78 is 6.40. The van der Waals surface area contributed by atoms with Crippen molar-refractivity contribution in [1.29, 1.82) is 0 Å². The molecule has 0 aromatic heterocycles. The molecule has 20 heavy (non-hydrogen) atoms. The second-order valence-corrected chi connectivity index (χ2v) is 5.28. The van der Waals surface area contributed by atoms with Gasteiger partial charge in [0.1, 0.15) is 5.75 Å². The topological polar surface area (TPSA) is 78.4 Å². The summed E-state index contributed by atoms with van der Waals surface area (Å²) in [7, 11) is 0. The van der Waals surface area contributed by atoms with E-state index in [2.05, 4.69) is 15.9 Å². The molecule has 0 spiro atoms. The van der Waals surface area contributed by atoms with Crippen molar-refractivity contribution < 1.29 is 9.66 Å². The molecule has 0 unspecified atom stereocenters. The number of nitrogens with zero attached hydrogens (tertiary/aromatic N) is 1. The first-order valence-electron chi connectivity index (χ1n) is 5.61. The third-order valence-electron chi connectivity index (χ3n) is 2.59. The van der Waals surface area contributed by atoms with Gasteiger partial charge >= 0.3 is 5.69 Å². The second kappa shape index (κ2) is 6.21. The number of nitrogens with two attached hydrogens (primary N) is 1. The number of rotatable bonds is 4. The first-order chi connectivity index (χ1) is 9.51. The Balaban J connectivity index is 2.46. The summed E-state index contributed by atoms with van der Waals surface area (Å²) in [5, 5.41) is 11.3. The van der Waals surface area contributed by atoms with Crippen LogP contribution in [0.25, 0.3) is 0 Å². The zero-order valence-electron chi connectivity index (χ0n) is 10.2. The Labute approximate surface area is 128 Å². The Hall–Kier alpha value is -1.63. The van der Waals surface area contributed by atoms with E-state index >= 15 is 0 Å². The molecule has 0 radical (unpaired) electrons. The zero-order chi connectivity index (χ0) is 14.7. The van der Waals surface area contributed by atoms with E-state index in [1.807, 2.05) is 6.07 Å². The van der Waals surface area contributed by atoms with Crippen molar-refractivity contribution in [2.75, 3.05) is 0 Å². The van der Waals surface area contributed by atoms with Crippen molar-refractivity contribution in [3.8, 4) is 11.5 Å². The largest absolute Gasteiger partial charge is 0.450 e. The summed E-state index contributed by atoms with van der Waals surface area (Å²) in [6, 6.07) is 9.46. The maximum absolute atomic E-state index is 11.0. The van der Waals surface area contributed by atoms with Crippen LogP contribution in [0.1, 0.15) is 5.56 Å². The van der Waals surface area contributed by atoms with Crippen LogP contribution in [-0.2, 0) is 6.54 Å². The van der Waals surface area contributed by atoms with Crippen molar-refractivity contribution in [2.45, 2.75) is 6.54 Å². The maximum atomic E-state index is 11.0. The normalized spacial score (nSPS) is 10.3. The maximum Gasteiger partial charge on any atom is 0.311 e. The molecule has 2 N–H and O–H groups in total. The Bertz CT molecular complexity index is 664. The molecule has 2 aromatic rings. The van der Waals surface area contributed by atoms with Gasteiger partial charge in [0.25, 0.3) is 0 Å². The average molecular weight is 358 g/mol. The van der Waals surface area contributed by atoms with Crippen molar-refractivity contribution in [3.63, 3.8) is 0 Å². The van der Waals surface area contributed by atoms with Gasteiger partial charge in [0.15, 0.2) is 0 Å². The Morgan fingerprint density at radius 3 is 2.65 bits per heavy atom. The predicted octanol–water partition coefficient (Wildman–Crippen LogP) is 4.26. The van der Waals surface area contributed by atoms with Crippen LogP contribution >= 0.6 is 27.5 Å². The number of halogens is 2. The molecular formula is C13H10BrClN2O3. The Morgan fingerprint density at radius 1 is 1.25 bits per heavy atom. The van der Waals surface area contributed by atoms with E-state index in [1.54, 1.807) is 12.1 Å². The van der Waals surface area contributed by atoms with Gasteiger partial charge in [-0.25, -0.2) is 0 Å². The minimum absolute atomic E-state index is 0.0790. The standard InChI is InChI=1S/C13H10BrClN2O3/c14-9-2-1-8(7-16)12(5-9)20-13-6-10(15)3-4-11(13)17(18)19/h1-6H,7,16H2. The van der Waals surface area contributed by atoms with Gasteiger partial charge in [0.05, 0.1) is 4.92 Å². The first kappa shape index (κ1) is 14.8. The number of hydrogen-bond acceptors (Lipinski definition) is 4. The number of hydrogen-bond donors (Lipinski definition) is 1. The summed E-state index contributed by atoms with van der Waals surface area (Å²) in [5.74, 6) is 0.530. The van der Waals surface area contributed by atoms with Gasteiger partial charge in [-0.05, 0) is 18.2 Å². The van der Waals surface area contributed by atoms with Gasteiger partial charge in [-0.3, -0.25) is 10.1 Å². The first-order valence-corrected chi connectivity index (χ1v) is 6.78. The van der Waals surface area contributed by atoms with Crippen LogP contribution in [0, 0.1) is 10.1 Å². The van der Waals surface area contributed by atoms with E-state index in [0.717, 1.165) is 10.0 Å². The van der Waals surface area contributed by atoms with E-state index in [-0.39, 0.29) is 18.0 Å². The lowest BCUT2D eigenvalue weighted by atomic mass is 10.2. The molecule has 7 heteroatoms. The molecule has 0 saturated heterocycles. The summed E-state index contributed by atoms with van der Waals surface area (Å²) in [4.78, 5) is 10.5. The highest BCUT2D eigenvalue weighted by Crippen LogP contribution is 2.36. The Kier molecular flexibility index (Phi) is 4.59. The monoisotopic (exact) mass is 356 g/mol. The van der Waals surface area contributed by atoms with Crippen LogP contribution in [0.2, 0.25) is 5.02 Å². The number of benzene rings is 2. The van der Waals surface area contributed by atoms with E-state index in [4.69, 9.17) is 22.1 Å². The fourth-order valence-corrected chi connectivity index (χ4v) is 2.13. The molecule has 0 aliphatic rings. The number of ether oxygens (including phenoxy) is 1. The van der Waals surface area contributed by atoms with E-state index in [1.165, 1.54) is 18.2 Å². The zero-order valence-corrected chi connectivity index (χ0v) is 12.5. The SMILES string of the molecule is NCc1ccc(Br)cc1Oc1cc(Cl)ccc1[N+](=O)[O-]. The second-order valence-electron chi connectivity index (χ2n) is 3.93. The van der Waals surface area contributed by atoms with Crippen LogP contribution in [0.5, 0.6) is 11.5 Å². The molecule has 2 rings (SSSR count). The van der Waals surface area contributed by atoms with Gasteiger partial charge < -0.3 is 10.5 Å². The average Bonchev–Trinajstić information content (AvgIpc) is 2.38. The molecule has 0 saturated carbocycles. The number of nitro benzene ring substituents is 1. The molecule has 0 fully saturated rings. The van der Waals surface area contributed by atoms with Crippen LogP contribution in [-0.4, -0.2) is 4.92 Å². The van der Waals surface area contributed by atoms with Gasteiger partial charge in [-0.1, -0.05) is 33.6 Å². The van der Waals surface area contributed by atoms with Gasteiger partial charge in [-0.2, -0.15) is 0 Å². The molecule has 0 aliphatic heterocycles. The Morgan fingerprint density at radius 2 is 2.00 bits per heavy atom. The van der Waals surface area contributed by atoms with Gasteiger partial charge in [0.2, 0.25) is 5.75 Å². The predicted molar refractivity (Wildman–Crippen MR) is 80.2 cm³/mol. The van der Waals surface area contributed by atoms with Crippen molar-refractivity contribution >= 4 is 33.2 Å². The number of nitro groups is 1. The van der Waals surface area contributed by atoms with E-state index < -0.39 is 4.92 Å². The lowest BCUT2D eigenvalue weighted by Crippen LogP contribution is -2.00. The molecule has 0 amide bonds. The molecule has 0 bridgehead atoms. The van der Waals surface area contributed by atoms with Crippen molar-refractivity contribution in [1.82, 2.24) is 0 Å². The highest BCUT2D eigenvalue weighted by Gasteiger charge is 2.17.